The number of hydrogen-bond donors (Lipinski definition) is 0. The molecule has 0 unspecified atom stereocenters. The van der Waals surface area contributed by atoms with Crippen molar-refractivity contribution in [2.24, 2.45) is 0 Å². The van der Waals surface area contributed by atoms with Crippen LogP contribution in [0.4, 0.5) is 0 Å². The molecule has 1 atom stereocenters. The van der Waals surface area contributed by atoms with Gasteiger partial charge in [0.1, 0.15) is 5.15 Å². The number of nitrogens with zero attached hydrogens (tertiary/aromatic N) is 2. The van der Waals surface area contributed by atoms with Gasteiger partial charge in [0.25, 0.3) is 0 Å². The van der Waals surface area contributed by atoms with Gasteiger partial charge in [0.05, 0.1) is 12.7 Å². The zero-order valence-electron chi connectivity index (χ0n) is 11.5. The van der Waals surface area contributed by atoms with Gasteiger partial charge in [-0.1, -0.05) is 35.9 Å². The average molecular weight is 291 g/mol. The van der Waals surface area contributed by atoms with E-state index in [1.807, 2.05) is 18.3 Å². The molecule has 4 heteroatoms. The summed E-state index contributed by atoms with van der Waals surface area (Å²) in [7, 11) is 0. The van der Waals surface area contributed by atoms with Crippen LogP contribution in [-0.2, 0) is 11.3 Å². The first-order valence-electron chi connectivity index (χ1n) is 7.12. The molecule has 0 radical (unpaired) electrons. The topological polar surface area (TPSA) is 25.4 Å². The number of halogens is 1. The van der Waals surface area contributed by atoms with Gasteiger partial charge in [0.2, 0.25) is 0 Å². The average Bonchev–Trinajstić information content (AvgIpc) is 2.51. The predicted octanol–water partition coefficient (Wildman–Crippen LogP) is 3.21. The summed E-state index contributed by atoms with van der Waals surface area (Å²) in [6.07, 6.45) is 11.1. The lowest BCUT2D eigenvalue weighted by Gasteiger charge is -2.34. The Morgan fingerprint density at radius 1 is 1.35 bits per heavy atom. The Labute approximate surface area is 124 Å². The second-order valence-electron chi connectivity index (χ2n) is 5.27. The first-order valence-corrected chi connectivity index (χ1v) is 7.50. The molecule has 20 heavy (non-hydrogen) atoms. The van der Waals surface area contributed by atoms with Crippen LogP contribution in [-0.4, -0.2) is 35.7 Å². The van der Waals surface area contributed by atoms with Crippen molar-refractivity contribution in [3.63, 3.8) is 0 Å². The van der Waals surface area contributed by atoms with E-state index in [1.165, 1.54) is 11.1 Å². The fourth-order valence-corrected chi connectivity index (χ4v) is 2.79. The van der Waals surface area contributed by atoms with Gasteiger partial charge in [-0.25, -0.2) is 4.98 Å². The van der Waals surface area contributed by atoms with Crippen molar-refractivity contribution in [3.05, 3.63) is 52.8 Å². The fraction of sp³-hybridized carbons (Fsp3) is 0.438. The van der Waals surface area contributed by atoms with E-state index in [4.69, 9.17) is 16.3 Å². The van der Waals surface area contributed by atoms with Gasteiger partial charge in [0, 0.05) is 25.8 Å². The molecule has 2 heterocycles. The number of rotatable bonds is 3. The minimum Gasteiger partial charge on any atom is -0.371 e. The first kappa shape index (κ1) is 13.8. The van der Waals surface area contributed by atoms with E-state index in [0.29, 0.717) is 5.15 Å². The van der Waals surface area contributed by atoms with Crippen molar-refractivity contribution >= 4 is 11.6 Å². The zero-order chi connectivity index (χ0) is 13.8. The molecule has 106 valence electrons. The van der Waals surface area contributed by atoms with Crippen LogP contribution in [0.5, 0.6) is 0 Å². The third-order valence-electron chi connectivity index (χ3n) is 3.74. The SMILES string of the molecule is Clc1ccc(CN2CCO[C@@H](C3=CCCC=C3)C2)cn1. The van der Waals surface area contributed by atoms with Crippen LogP contribution in [0.15, 0.2) is 42.1 Å². The lowest BCUT2D eigenvalue weighted by molar-refractivity contribution is -0.0109. The molecular weight excluding hydrogens is 272 g/mol. The van der Waals surface area contributed by atoms with Crippen molar-refractivity contribution in [1.29, 1.82) is 0 Å². The Kier molecular flexibility index (Phi) is 4.51. The summed E-state index contributed by atoms with van der Waals surface area (Å²) < 4.78 is 5.91. The maximum atomic E-state index is 5.91. The molecule has 1 aromatic heterocycles. The molecule has 1 aromatic rings. The second-order valence-corrected chi connectivity index (χ2v) is 5.65. The largest absolute Gasteiger partial charge is 0.371 e. The smallest absolute Gasteiger partial charge is 0.129 e. The molecule has 1 aliphatic carbocycles. The molecule has 0 saturated carbocycles. The number of hydrogen-bond acceptors (Lipinski definition) is 3. The summed E-state index contributed by atoms with van der Waals surface area (Å²) in [5, 5.41) is 0.547. The predicted molar refractivity (Wildman–Crippen MR) is 80.7 cm³/mol. The molecule has 2 aliphatic rings. The normalized spacial score (nSPS) is 23.6. The van der Waals surface area contributed by atoms with Crippen molar-refractivity contribution in [2.45, 2.75) is 25.5 Å². The van der Waals surface area contributed by atoms with Gasteiger partial charge in [-0.15, -0.1) is 0 Å². The van der Waals surface area contributed by atoms with Gasteiger partial charge < -0.3 is 4.74 Å². The number of ether oxygens (including phenoxy) is 1. The molecule has 0 aromatic carbocycles. The molecule has 0 spiro atoms. The van der Waals surface area contributed by atoms with E-state index in [9.17, 15) is 0 Å². The van der Waals surface area contributed by atoms with Gasteiger partial charge in [0.15, 0.2) is 0 Å². The van der Waals surface area contributed by atoms with Crippen molar-refractivity contribution < 1.29 is 4.74 Å². The number of allylic oxidation sites excluding steroid dienone is 2. The highest BCUT2D eigenvalue weighted by Crippen LogP contribution is 2.20. The second kappa shape index (κ2) is 6.53. The number of pyridine rings is 1. The lowest BCUT2D eigenvalue weighted by atomic mass is 10.0. The number of morpholine rings is 1. The maximum Gasteiger partial charge on any atom is 0.129 e. The minimum atomic E-state index is 0.209. The monoisotopic (exact) mass is 290 g/mol. The highest BCUT2D eigenvalue weighted by molar-refractivity contribution is 6.29. The molecule has 3 nitrogen and oxygen atoms in total. The molecule has 0 N–H and O–H groups in total. The molecule has 1 fully saturated rings. The van der Waals surface area contributed by atoms with Crippen LogP contribution in [0.3, 0.4) is 0 Å². The zero-order valence-corrected chi connectivity index (χ0v) is 12.2. The van der Waals surface area contributed by atoms with Gasteiger partial charge in [-0.05, 0) is 30.0 Å². The van der Waals surface area contributed by atoms with Crippen LogP contribution in [0.1, 0.15) is 18.4 Å². The van der Waals surface area contributed by atoms with Gasteiger partial charge >= 0.3 is 0 Å². The fourth-order valence-electron chi connectivity index (χ4n) is 2.68. The van der Waals surface area contributed by atoms with Crippen LogP contribution < -0.4 is 0 Å². The highest BCUT2D eigenvalue weighted by atomic mass is 35.5. The molecule has 1 saturated heterocycles. The van der Waals surface area contributed by atoms with Gasteiger partial charge in [-0.3, -0.25) is 4.90 Å². The van der Waals surface area contributed by atoms with Crippen molar-refractivity contribution in [2.75, 3.05) is 19.7 Å². The molecule has 3 rings (SSSR count). The Hall–Kier alpha value is -1.16. The van der Waals surface area contributed by atoms with Crippen LogP contribution in [0, 0.1) is 0 Å². The Balaban J connectivity index is 1.61. The molecule has 0 amide bonds. The van der Waals surface area contributed by atoms with E-state index >= 15 is 0 Å². The van der Waals surface area contributed by atoms with Crippen LogP contribution >= 0.6 is 11.6 Å². The summed E-state index contributed by atoms with van der Waals surface area (Å²) in [4.78, 5) is 6.56. The van der Waals surface area contributed by atoms with E-state index < -0.39 is 0 Å². The van der Waals surface area contributed by atoms with Crippen LogP contribution in [0.25, 0.3) is 0 Å². The maximum absolute atomic E-state index is 5.91. The quantitative estimate of drug-likeness (QED) is 0.799. The van der Waals surface area contributed by atoms with E-state index in [1.54, 1.807) is 0 Å². The highest BCUT2D eigenvalue weighted by Gasteiger charge is 2.23. The van der Waals surface area contributed by atoms with Crippen LogP contribution in [0.2, 0.25) is 5.15 Å². The van der Waals surface area contributed by atoms with Crippen molar-refractivity contribution in [3.8, 4) is 0 Å². The minimum absolute atomic E-state index is 0.209. The summed E-state index contributed by atoms with van der Waals surface area (Å²) in [6.45, 7) is 3.60. The summed E-state index contributed by atoms with van der Waals surface area (Å²) >= 11 is 5.82. The summed E-state index contributed by atoms with van der Waals surface area (Å²) in [5.74, 6) is 0. The molecule has 0 bridgehead atoms. The van der Waals surface area contributed by atoms with E-state index in [0.717, 1.165) is 39.1 Å². The Morgan fingerprint density at radius 3 is 3.05 bits per heavy atom. The van der Waals surface area contributed by atoms with Gasteiger partial charge in [-0.2, -0.15) is 0 Å². The van der Waals surface area contributed by atoms with E-state index in [-0.39, 0.29) is 6.10 Å². The molecular formula is C16H19ClN2O. The standard InChI is InChI=1S/C16H19ClN2O/c17-16-7-6-13(10-18-16)11-19-8-9-20-15(12-19)14-4-2-1-3-5-14/h2,4-7,10,15H,1,3,8-9,11-12H2/t15-/m1/s1. The Bertz CT molecular complexity index is 510. The summed E-state index contributed by atoms with van der Waals surface area (Å²) in [6, 6.07) is 3.89. The summed E-state index contributed by atoms with van der Waals surface area (Å²) in [5.41, 5.74) is 2.53. The third-order valence-corrected chi connectivity index (χ3v) is 3.96. The van der Waals surface area contributed by atoms with Crippen molar-refractivity contribution in [1.82, 2.24) is 9.88 Å². The first-order chi connectivity index (χ1) is 9.81. The van der Waals surface area contributed by atoms with E-state index in [2.05, 4.69) is 28.1 Å². The molecule has 1 aliphatic heterocycles. The third kappa shape index (κ3) is 3.48. The lowest BCUT2D eigenvalue weighted by Crippen LogP contribution is -2.42. The Morgan fingerprint density at radius 2 is 2.30 bits per heavy atom. The number of aromatic nitrogens is 1.